The van der Waals surface area contributed by atoms with Gasteiger partial charge in [-0.2, -0.15) is 5.10 Å². The zero-order valence-electron chi connectivity index (χ0n) is 10.2. The van der Waals surface area contributed by atoms with E-state index in [9.17, 15) is 4.79 Å². The van der Waals surface area contributed by atoms with Crippen molar-refractivity contribution in [3.8, 4) is 0 Å². The summed E-state index contributed by atoms with van der Waals surface area (Å²) >= 11 is 5.46. The van der Waals surface area contributed by atoms with Crippen molar-refractivity contribution in [2.45, 2.75) is 13.3 Å². The van der Waals surface area contributed by atoms with Gasteiger partial charge in [-0.15, -0.1) is 11.6 Å². The van der Waals surface area contributed by atoms with Gasteiger partial charge in [-0.1, -0.05) is 0 Å². The molecule has 0 aliphatic carbocycles. The Morgan fingerprint density at radius 2 is 2.35 bits per heavy atom. The maximum Gasteiger partial charge on any atom is 0.269 e. The van der Waals surface area contributed by atoms with Gasteiger partial charge in [0.1, 0.15) is 5.69 Å². The molecule has 96 valence electrons. The summed E-state index contributed by atoms with van der Waals surface area (Å²) in [6.45, 7) is 3.61. The third-order valence-corrected chi connectivity index (χ3v) is 2.36. The van der Waals surface area contributed by atoms with Crippen LogP contribution in [-0.2, 0) is 11.8 Å². The summed E-state index contributed by atoms with van der Waals surface area (Å²) < 4.78 is 6.78. The van der Waals surface area contributed by atoms with Gasteiger partial charge in [-0.05, 0) is 19.4 Å². The summed E-state index contributed by atoms with van der Waals surface area (Å²) in [6, 6.07) is 1.76. The quantitative estimate of drug-likeness (QED) is 0.589. The van der Waals surface area contributed by atoms with Crippen molar-refractivity contribution >= 4 is 17.5 Å². The fourth-order valence-electron chi connectivity index (χ4n) is 1.45. The van der Waals surface area contributed by atoms with Crippen LogP contribution in [0.25, 0.3) is 0 Å². The van der Waals surface area contributed by atoms with Crippen LogP contribution < -0.4 is 5.32 Å². The molecule has 1 N–H and O–H groups in total. The molecule has 0 fully saturated rings. The Balaban J connectivity index is 2.23. The monoisotopic (exact) mass is 259 g/mol. The van der Waals surface area contributed by atoms with Gasteiger partial charge in [-0.3, -0.25) is 9.48 Å². The van der Waals surface area contributed by atoms with Gasteiger partial charge in [0, 0.05) is 26.1 Å². The number of aromatic nitrogens is 2. The number of halogens is 1. The predicted molar refractivity (Wildman–Crippen MR) is 66.4 cm³/mol. The summed E-state index contributed by atoms with van der Waals surface area (Å²) in [7, 11) is 1.76. The van der Waals surface area contributed by atoms with E-state index in [4.69, 9.17) is 16.3 Å². The molecule has 1 heterocycles. The first-order chi connectivity index (χ1) is 8.15. The summed E-state index contributed by atoms with van der Waals surface area (Å²) in [5.74, 6) is 0.395. The Kier molecular flexibility index (Phi) is 6.00. The molecule has 17 heavy (non-hydrogen) atoms. The van der Waals surface area contributed by atoms with Gasteiger partial charge in [0.05, 0.1) is 12.3 Å². The lowest BCUT2D eigenvalue weighted by Crippen LogP contribution is -2.27. The molecule has 0 saturated heterocycles. The Morgan fingerprint density at radius 1 is 1.59 bits per heavy atom. The molecule has 0 saturated carbocycles. The Labute approximate surface area is 106 Å². The number of amides is 1. The molecule has 6 heteroatoms. The maximum atomic E-state index is 11.7. The molecule has 0 bridgehead atoms. The van der Waals surface area contributed by atoms with Crippen molar-refractivity contribution in [2.24, 2.45) is 7.05 Å². The number of nitrogens with one attached hydrogen (secondary N) is 1. The topological polar surface area (TPSA) is 56.1 Å². The average molecular weight is 260 g/mol. The zero-order chi connectivity index (χ0) is 12.7. The van der Waals surface area contributed by atoms with Crippen LogP contribution in [0.1, 0.15) is 22.6 Å². The van der Waals surface area contributed by atoms with E-state index in [1.54, 1.807) is 17.8 Å². The fourth-order valence-corrected chi connectivity index (χ4v) is 1.56. The van der Waals surface area contributed by atoms with Gasteiger partial charge < -0.3 is 10.1 Å². The molecule has 0 unspecified atom stereocenters. The predicted octanol–water partition coefficient (Wildman–Crippen LogP) is 1.10. The highest BCUT2D eigenvalue weighted by Crippen LogP contribution is 2.01. The van der Waals surface area contributed by atoms with E-state index < -0.39 is 0 Å². The number of alkyl halides is 1. The first-order valence-corrected chi connectivity index (χ1v) is 6.11. The lowest BCUT2D eigenvalue weighted by molar-refractivity contribution is 0.0935. The van der Waals surface area contributed by atoms with Crippen LogP contribution in [0.4, 0.5) is 0 Å². The van der Waals surface area contributed by atoms with Crippen LogP contribution >= 0.6 is 11.6 Å². The van der Waals surface area contributed by atoms with Gasteiger partial charge in [0.2, 0.25) is 0 Å². The minimum Gasteiger partial charge on any atom is -0.380 e. The van der Waals surface area contributed by atoms with Crippen LogP contribution in [0.15, 0.2) is 6.07 Å². The molecular weight excluding hydrogens is 242 g/mol. The van der Waals surface area contributed by atoms with Crippen LogP contribution in [0.3, 0.4) is 0 Å². The zero-order valence-corrected chi connectivity index (χ0v) is 11.0. The normalized spacial score (nSPS) is 10.5. The number of ether oxygens (including phenoxy) is 1. The number of hydrogen-bond acceptors (Lipinski definition) is 3. The number of hydrogen-bond donors (Lipinski definition) is 1. The first kappa shape index (κ1) is 14.0. The van der Waals surface area contributed by atoms with E-state index in [2.05, 4.69) is 10.4 Å². The lowest BCUT2D eigenvalue weighted by atomic mass is 10.3. The molecule has 1 amide bonds. The number of carbonyl (C=O) groups is 1. The van der Waals surface area contributed by atoms with E-state index in [1.165, 1.54) is 0 Å². The molecule has 0 aliphatic heterocycles. The van der Waals surface area contributed by atoms with Crippen LogP contribution in [-0.4, -0.2) is 41.3 Å². The minimum absolute atomic E-state index is 0.106. The molecule has 0 spiro atoms. The van der Waals surface area contributed by atoms with E-state index in [-0.39, 0.29) is 5.91 Å². The molecule has 1 aromatic rings. The highest BCUT2D eigenvalue weighted by atomic mass is 35.5. The van der Waals surface area contributed by atoms with Gasteiger partial charge >= 0.3 is 0 Å². The summed E-state index contributed by atoms with van der Waals surface area (Å²) in [4.78, 5) is 11.7. The molecule has 0 radical (unpaired) electrons. The number of carbonyl (C=O) groups excluding carboxylic acids is 1. The van der Waals surface area contributed by atoms with Crippen molar-refractivity contribution < 1.29 is 9.53 Å². The van der Waals surface area contributed by atoms with Crippen molar-refractivity contribution in [1.29, 1.82) is 0 Å². The summed E-state index contributed by atoms with van der Waals surface area (Å²) in [5.41, 5.74) is 1.41. The van der Waals surface area contributed by atoms with Gasteiger partial charge in [0.25, 0.3) is 5.91 Å². The minimum atomic E-state index is -0.106. The molecule has 1 rings (SSSR count). The van der Waals surface area contributed by atoms with Crippen molar-refractivity contribution in [3.05, 3.63) is 17.5 Å². The van der Waals surface area contributed by atoms with Crippen molar-refractivity contribution in [3.63, 3.8) is 0 Å². The van der Waals surface area contributed by atoms with Crippen LogP contribution in [0, 0.1) is 6.92 Å². The Hall–Kier alpha value is -1.07. The van der Waals surface area contributed by atoms with Crippen LogP contribution in [0.2, 0.25) is 0 Å². The molecule has 0 aromatic carbocycles. The van der Waals surface area contributed by atoms with E-state index in [1.807, 2.05) is 6.92 Å². The SMILES string of the molecule is Cc1cc(C(=O)NCCCOCCCl)n(C)n1. The van der Waals surface area contributed by atoms with Gasteiger partial charge in [0.15, 0.2) is 0 Å². The average Bonchev–Trinajstić information content (AvgIpc) is 2.62. The highest BCUT2D eigenvalue weighted by Gasteiger charge is 2.10. The van der Waals surface area contributed by atoms with Crippen LogP contribution in [0.5, 0.6) is 0 Å². The smallest absolute Gasteiger partial charge is 0.269 e. The van der Waals surface area contributed by atoms with Crippen molar-refractivity contribution in [1.82, 2.24) is 15.1 Å². The lowest BCUT2D eigenvalue weighted by Gasteiger charge is -2.05. The Morgan fingerprint density at radius 3 is 2.94 bits per heavy atom. The second-order valence-electron chi connectivity index (χ2n) is 3.71. The number of aryl methyl sites for hydroxylation is 2. The number of nitrogens with zero attached hydrogens (tertiary/aromatic N) is 2. The Bertz CT molecular complexity index is 366. The summed E-state index contributed by atoms with van der Waals surface area (Å²) in [5, 5.41) is 6.93. The molecular formula is C11H18ClN3O2. The van der Waals surface area contributed by atoms with E-state index >= 15 is 0 Å². The highest BCUT2D eigenvalue weighted by molar-refractivity contribution is 6.17. The first-order valence-electron chi connectivity index (χ1n) is 5.57. The van der Waals surface area contributed by atoms with E-state index in [0.717, 1.165) is 12.1 Å². The van der Waals surface area contributed by atoms with Gasteiger partial charge in [-0.25, -0.2) is 0 Å². The third-order valence-electron chi connectivity index (χ3n) is 2.21. The second-order valence-corrected chi connectivity index (χ2v) is 4.08. The maximum absolute atomic E-state index is 11.7. The third kappa shape index (κ3) is 4.75. The second kappa shape index (κ2) is 7.29. The standard InChI is InChI=1S/C11H18ClN3O2/c1-9-8-10(15(2)14-9)11(16)13-5-3-6-17-7-4-12/h8H,3-7H2,1-2H3,(H,13,16). The summed E-state index contributed by atoms with van der Waals surface area (Å²) in [6.07, 6.45) is 0.777. The molecule has 5 nitrogen and oxygen atoms in total. The van der Waals surface area contributed by atoms with E-state index in [0.29, 0.717) is 31.3 Å². The fraction of sp³-hybridized carbons (Fsp3) is 0.636. The number of rotatable bonds is 7. The molecule has 0 atom stereocenters. The molecule has 0 aliphatic rings. The largest absolute Gasteiger partial charge is 0.380 e. The molecule has 1 aromatic heterocycles. The van der Waals surface area contributed by atoms with Crippen molar-refractivity contribution in [2.75, 3.05) is 25.6 Å².